The molecule has 0 aromatic heterocycles. The van der Waals surface area contributed by atoms with Crippen LogP contribution in [0.25, 0.3) is 0 Å². The van der Waals surface area contributed by atoms with E-state index >= 15 is 0 Å². The van der Waals surface area contributed by atoms with Gasteiger partial charge in [-0.3, -0.25) is 0 Å². The molecular weight excluding hydrogens is 512 g/mol. The van der Waals surface area contributed by atoms with Gasteiger partial charge in [-0.1, -0.05) is 0 Å². The molecule has 2 saturated carbocycles. The summed E-state index contributed by atoms with van der Waals surface area (Å²) in [5.74, 6) is 2.73. The summed E-state index contributed by atoms with van der Waals surface area (Å²) in [5.41, 5.74) is 0. The van der Waals surface area contributed by atoms with E-state index in [1.807, 2.05) is 7.11 Å². The molecule has 0 N–H and O–H groups in total. The van der Waals surface area contributed by atoms with Crippen LogP contribution >= 0.6 is 0 Å². The van der Waals surface area contributed by atoms with Gasteiger partial charge in [-0.15, -0.1) is 0 Å². The monoisotopic (exact) mass is 574 g/mol. The van der Waals surface area contributed by atoms with Crippen LogP contribution in [0.15, 0.2) is 0 Å². The Morgan fingerprint density at radius 3 is 1.46 bits per heavy atom. The molecule has 2 aliphatic carbocycles. The Bertz CT molecular complexity index is 743. The van der Waals surface area contributed by atoms with Gasteiger partial charge in [-0.2, -0.15) is 0 Å². The van der Waals surface area contributed by atoms with Gasteiger partial charge in [0.15, 0.2) is 0 Å². The number of hydrogen-bond donors (Lipinski definition) is 0. The van der Waals surface area contributed by atoms with Crippen LogP contribution in [0.2, 0.25) is 0 Å². The Morgan fingerprint density at radius 2 is 0.951 bits per heavy atom. The minimum Gasteiger partial charge on any atom is -0.381 e. The molecule has 236 valence electrons. The molecular formula is C34H62N4O3. The zero-order valence-electron chi connectivity index (χ0n) is 26.6. The van der Waals surface area contributed by atoms with Crippen molar-refractivity contribution in [3.8, 4) is 0 Å². The normalized spacial score (nSPS) is 35.0. The lowest BCUT2D eigenvalue weighted by Gasteiger charge is -2.42. The molecule has 0 unspecified atom stereocenters. The molecule has 4 heterocycles. The molecule has 6 rings (SSSR count). The molecule has 0 bridgehead atoms. The van der Waals surface area contributed by atoms with Crippen LogP contribution in [0.5, 0.6) is 0 Å². The second-order valence-electron chi connectivity index (χ2n) is 15.0. The van der Waals surface area contributed by atoms with Crippen LogP contribution in [-0.4, -0.2) is 136 Å². The lowest BCUT2D eigenvalue weighted by atomic mass is 9.79. The average molecular weight is 575 g/mol. The number of methoxy groups -OCH3 is 1. The van der Waals surface area contributed by atoms with Gasteiger partial charge in [0.05, 0.1) is 30.5 Å². The molecule has 6 aliphatic rings. The Kier molecular flexibility index (Phi) is 11.3. The zero-order valence-corrected chi connectivity index (χ0v) is 26.6. The summed E-state index contributed by atoms with van der Waals surface area (Å²) in [5, 5.41) is 0. The minimum atomic E-state index is 0.447. The van der Waals surface area contributed by atoms with Crippen molar-refractivity contribution in [2.24, 2.45) is 17.8 Å². The van der Waals surface area contributed by atoms with E-state index in [0.29, 0.717) is 30.5 Å². The van der Waals surface area contributed by atoms with E-state index in [2.05, 4.69) is 26.6 Å². The molecule has 0 atom stereocenters. The standard InChI is InChI=1S/C34H62N4O3/c1-35-12-3-27(4-13-35)25-37-17-8-30(9-18-37)40-33-21-29(22-33)7-16-36-14-5-28(6-15-36)26-38-19-10-31(11-20-38)41-34-23-32(24-34)39-2/h27-34H,3-26H2,1-2H3. The second-order valence-corrected chi connectivity index (χ2v) is 15.0. The fourth-order valence-electron chi connectivity index (χ4n) is 8.58. The van der Waals surface area contributed by atoms with Crippen LogP contribution < -0.4 is 0 Å². The first kappa shape index (κ1) is 30.7. The summed E-state index contributed by atoms with van der Waals surface area (Å²) >= 11 is 0. The van der Waals surface area contributed by atoms with Crippen molar-refractivity contribution in [2.45, 2.75) is 114 Å². The first-order chi connectivity index (χ1) is 20.1. The van der Waals surface area contributed by atoms with E-state index in [9.17, 15) is 0 Å². The SMILES string of the molecule is COC1CC(OC2CCN(CC3CCN(CCC4CC(OC5CCN(CC6CCN(C)CC6)CC5)C4)CC3)CC2)C1. The maximum atomic E-state index is 6.57. The largest absolute Gasteiger partial charge is 0.381 e. The van der Waals surface area contributed by atoms with E-state index < -0.39 is 0 Å². The number of ether oxygens (including phenoxy) is 3. The second kappa shape index (κ2) is 15.1. The first-order valence-corrected chi connectivity index (χ1v) is 17.8. The zero-order chi connectivity index (χ0) is 28.0. The Balaban J connectivity index is 0.762. The van der Waals surface area contributed by atoms with Crippen molar-refractivity contribution in [3.63, 3.8) is 0 Å². The van der Waals surface area contributed by atoms with Gasteiger partial charge in [0.2, 0.25) is 0 Å². The summed E-state index contributed by atoms with van der Waals surface area (Å²) in [6.45, 7) is 14.1. The summed E-state index contributed by atoms with van der Waals surface area (Å²) in [6.07, 6.45) is 19.2. The minimum absolute atomic E-state index is 0.447. The highest BCUT2D eigenvalue weighted by Gasteiger charge is 2.35. The predicted octanol–water partition coefficient (Wildman–Crippen LogP) is 4.35. The molecule has 7 nitrogen and oxygen atoms in total. The number of nitrogens with zero attached hydrogens (tertiary/aromatic N) is 4. The van der Waals surface area contributed by atoms with E-state index in [1.165, 1.54) is 143 Å². The molecule has 7 heteroatoms. The molecule has 41 heavy (non-hydrogen) atoms. The van der Waals surface area contributed by atoms with Gasteiger partial charge in [-0.05, 0) is 141 Å². The van der Waals surface area contributed by atoms with Crippen LogP contribution in [0, 0.1) is 17.8 Å². The van der Waals surface area contributed by atoms with E-state index in [1.54, 1.807) is 0 Å². The predicted molar refractivity (Wildman–Crippen MR) is 165 cm³/mol. The molecule has 0 aromatic carbocycles. The first-order valence-electron chi connectivity index (χ1n) is 17.8. The molecule has 4 aliphatic heterocycles. The van der Waals surface area contributed by atoms with Gasteiger partial charge < -0.3 is 33.8 Å². The van der Waals surface area contributed by atoms with Crippen molar-refractivity contribution < 1.29 is 14.2 Å². The van der Waals surface area contributed by atoms with Crippen LogP contribution in [0.3, 0.4) is 0 Å². The molecule has 0 amide bonds. The van der Waals surface area contributed by atoms with Gasteiger partial charge in [-0.25, -0.2) is 0 Å². The summed E-state index contributed by atoms with van der Waals surface area (Å²) in [7, 11) is 4.09. The van der Waals surface area contributed by atoms with E-state index in [4.69, 9.17) is 14.2 Å². The fraction of sp³-hybridized carbons (Fsp3) is 1.00. The van der Waals surface area contributed by atoms with Gasteiger partial charge >= 0.3 is 0 Å². The molecule has 4 saturated heterocycles. The van der Waals surface area contributed by atoms with Crippen molar-refractivity contribution >= 4 is 0 Å². The summed E-state index contributed by atoms with van der Waals surface area (Å²) in [6, 6.07) is 0. The topological polar surface area (TPSA) is 40.7 Å². The number of hydrogen-bond acceptors (Lipinski definition) is 7. The molecule has 0 spiro atoms. The maximum Gasteiger partial charge on any atom is 0.0628 e. The van der Waals surface area contributed by atoms with Crippen molar-refractivity contribution in [2.75, 3.05) is 86.1 Å². The molecule has 0 aromatic rings. The quantitative estimate of drug-likeness (QED) is 0.343. The van der Waals surface area contributed by atoms with Crippen molar-refractivity contribution in [1.82, 2.24) is 19.6 Å². The Morgan fingerprint density at radius 1 is 0.488 bits per heavy atom. The Labute approximate surface area is 251 Å². The van der Waals surface area contributed by atoms with Gasteiger partial charge in [0.25, 0.3) is 0 Å². The molecule has 0 radical (unpaired) electrons. The Hall–Kier alpha value is -0.280. The highest BCUT2D eigenvalue weighted by atomic mass is 16.5. The third-order valence-electron chi connectivity index (χ3n) is 11.8. The average Bonchev–Trinajstić information content (AvgIpc) is 2.95. The summed E-state index contributed by atoms with van der Waals surface area (Å²) < 4.78 is 18.3. The highest BCUT2D eigenvalue weighted by molar-refractivity contribution is 4.86. The van der Waals surface area contributed by atoms with E-state index in [0.717, 1.165) is 30.6 Å². The lowest BCUT2D eigenvalue weighted by Crippen LogP contribution is -2.45. The number of likely N-dealkylation sites (tertiary alicyclic amines) is 4. The maximum absolute atomic E-state index is 6.57. The highest BCUT2D eigenvalue weighted by Crippen LogP contribution is 2.35. The van der Waals surface area contributed by atoms with Gasteiger partial charge in [0, 0.05) is 46.4 Å². The molecule has 6 fully saturated rings. The van der Waals surface area contributed by atoms with Crippen LogP contribution in [0.4, 0.5) is 0 Å². The number of rotatable bonds is 12. The lowest BCUT2D eigenvalue weighted by molar-refractivity contribution is -0.126. The van der Waals surface area contributed by atoms with E-state index in [-0.39, 0.29) is 0 Å². The van der Waals surface area contributed by atoms with Gasteiger partial charge in [0.1, 0.15) is 0 Å². The van der Waals surface area contributed by atoms with Crippen LogP contribution in [0.1, 0.15) is 83.5 Å². The van der Waals surface area contributed by atoms with Crippen LogP contribution in [-0.2, 0) is 14.2 Å². The number of piperidine rings is 4. The third-order valence-corrected chi connectivity index (χ3v) is 11.8. The third kappa shape index (κ3) is 9.12. The fourth-order valence-corrected chi connectivity index (χ4v) is 8.58. The summed E-state index contributed by atoms with van der Waals surface area (Å²) in [4.78, 5) is 10.7. The van der Waals surface area contributed by atoms with Crippen molar-refractivity contribution in [3.05, 3.63) is 0 Å². The smallest absolute Gasteiger partial charge is 0.0628 e. The van der Waals surface area contributed by atoms with Crippen molar-refractivity contribution in [1.29, 1.82) is 0 Å².